The van der Waals surface area contributed by atoms with Crippen molar-refractivity contribution in [2.45, 2.75) is 27.7 Å². The van der Waals surface area contributed by atoms with E-state index in [1.807, 2.05) is 39.8 Å². The van der Waals surface area contributed by atoms with Gasteiger partial charge in [0.1, 0.15) is 5.75 Å². The summed E-state index contributed by atoms with van der Waals surface area (Å²) in [5.74, 6) is 1.85. The first-order chi connectivity index (χ1) is 9.51. The van der Waals surface area contributed by atoms with E-state index >= 15 is 0 Å². The van der Waals surface area contributed by atoms with Crippen LogP contribution in [0.3, 0.4) is 0 Å². The summed E-state index contributed by atoms with van der Waals surface area (Å²) in [6.45, 7) is 8.59. The summed E-state index contributed by atoms with van der Waals surface area (Å²) in [7, 11) is 0. The van der Waals surface area contributed by atoms with Crippen molar-refractivity contribution in [3.63, 3.8) is 0 Å². The van der Waals surface area contributed by atoms with Crippen LogP contribution in [0.25, 0.3) is 0 Å². The molecular weight excluding hydrogens is 274 g/mol. The second-order valence-electron chi connectivity index (χ2n) is 4.69. The second-order valence-corrected chi connectivity index (χ2v) is 5.06. The molecule has 1 heterocycles. The Morgan fingerprint density at radius 1 is 1.15 bits per heavy atom. The fraction of sp³-hybridized carbons (Fsp3) is 0.333. The minimum Gasteiger partial charge on any atom is -0.439 e. The molecule has 0 aliphatic carbocycles. The van der Waals surface area contributed by atoms with Crippen LogP contribution in [0.2, 0.25) is 5.02 Å². The fourth-order valence-corrected chi connectivity index (χ4v) is 1.96. The molecule has 2 rings (SSSR count). The quantitative estimate of drug-likeness (QED) is 0.913. The van der Waals surface area contributed by atoms with E-state index in [1.54, 1.807) is 6.20 Å². The number of nitrogens with zero attached hydrogens (tertiary/aromatic N) is 2. The van der Waals surface area contributed by atoms with Crippen molar-refractivity contribution in [2.75, 3.05) is 11.9 Å². The molecule has 0 unspecified atom stereocenters. The molecule has 0 fully saturated rings. The average molecular weight is 292 g/mol. The van der Waals surface area contributed by atoms with Crippen molar-refractivity contribution in [3.05, 3.63) is 40.0 Å². The number of nitrogens with one attached hydrogen (secondary N) is 1. The topological polar surface area (TPSA) is 47.0 Å². The molecule has 1 aromatic carbocycles. The number of aromatic nitrogens is 2. The van der Waals surface area contributed by atoms with Crippen molar-refractivity contribution in [2.24, 2.45) is 0 Å². The molecule has 0 amide bonds. The van der Waals surface area contributed by atoms with Gasteiger partial charge in [-0.1, -0.05) is 11.6 Å². The summed E-state index contributed by atoms with van der Waals surface area (Å²) in [5.41, 5.74) is 2.86. The van der Waals surface area contributed by atoms with Gasteiger partial charge in [-0.3, -0.25) is 0 Å². The fourth-order valence-electron chi connectivity index (χ4n) is 1.85. The zero-order valence-electron chi connectivity index (χ0n) is 12.1. The summed E-state index contributed by atoms with van der Waals surface area (Å²) < 4.78 is 5.86. The smallest absolute Gasteiger partial charge is 0.226 e. The molecule has 0 saturated carbocycles. The Morgan fingerprint density at radius 3 is 2.40 bits per heavy atom. The molecular formula is C15H18ClN3O. The molecule has 2 aromatic rings. The standard InChI is InChI=1S/C15H18ClN3O/c1-5-17-15-18-8-11(4)14(19-15)20-12-6-9(2)13(16)10(3)7-12/h6-8H,5H2,1-4H3,(H,17,18,19). The Bertz CT molecular complexity index is 606. The van der Waals surface area contributed by atoms with Crippen molar-refractivity contribution < 1.29 is 4.74 Å². The summed E-state index contributed by atoms with van der Waals surface area (Å²) in [6.07, 6.45) is 1.75. The van der Waals surface area contributed by atoms with E-state index in [-0.39, 0.29) is 0 Å². The molecule has 0 radical (unpaired) electrons. The third-order valence-corrected chi connectivity index (χ3v) is 3.48. The van der Waals surface area contributed by atoms with Gasteiger partial charge >= 0.3 is 0 Å². The lowest BCUT2D eigenvalue weighted by Crippen LogP contribution is -2.03. The molecule has 0 bridgehead atoms. The highest BCUT2D eigenvalue weighted by Crippen LogP contribution is 2.29. The highest BCUT2D eigenvalue weighted by Gasteiger charge is 2.09. The summed E-state index contributed by atoms with van der Waals surface area (Å²) in [6, 6.07) is 3.81. The zero-order valence-corrected chi connectivity index (χ0v) is 12.9. The van der Waals surface area contributed by atoms with Gasteiger partial charge < -0.3 is 10.1 Å². The minimum absolute atomic E-state index is 0.553. The highest BCUT2D eigenvalue weighted by molar-refractivity contribution is 6.32. The number of rotatable bonds is 4. The molecule has 0 atom stereocenters. The van der Waals surface area contributed by atoms with Gasteiger partial charge in [0.15, 0.2) is 0 Å². The largest absolute Gasteiger partial charge is 0.439 e. The number of hydrogen-bond donors (Lipinski definition) is 1. The summed E-state index contributed by atoms with van der Waals surface area (Å²) >= 11 is 6.16. The van der Waals surface area contributed by atoms with Crippen molar-refractivity contribution >= 4 is 17.5 Å². The van der Waals surface area contributed by atoms with Gasteiger partial charge in [-0.05, 0) is 51.0 Å². The summed E-state index contributed by atoms with van der Waals surface area (Å²) in [4.78, 5) is 8.56. The molecule has 20 heavy (non-hydrogen) atoms. The zero-order chi connectivity index (χ0) is 14.7. The van der Waals surface area contributed by atoms with Crippen LogP contribution in [0.1, 0.15) is 23.6 Å². The van der Waals surface area contributed by atoms with E-state index in [1.165, 1.54) is 0 Å². The van der Waals surface area contributed by atoms with E-state index in [2.05, 4.69) is 15.3 Å². The number of anilines is 1. The van der Waals surface area contributed by atoms with Crippen LogP contribution in [0, 0.1) is 20.8 Å². The SMILES string of the molecule is CCNc1ncc(C)c(Oc2cc(C)c(Cl)c(C)c2)n1. The van der Waals surface area contributed by atoms with Crippen LogP contribution < -0.4 is 10.1 Å². The monoisotopic (exact) mass is 291 g/mol. The second kappa shape index (κ2) is 6.09. The van der Waals surface area contributed by atoms with Crippen LogP contribution >= 0.6 is 11.6 Å². The predicted molar refractivity (Wildman–Crippen MR) is 81.9 cm³/mol. The average Bonchev–Trinajstić information content (AvgIpc) is 2.40. The molecule has 0 spiro atoms. The minimum atomic E-state index is 0.553. The van der Waals surface area contributed by atoms with Crippen LogP contribution in [0.5, 0.6) is 11.6 Å². The van der Waals surface area contributed by atoms with Gasteiger partial charge in [0.05, 0.1) is 0 Å². The van der Waals surface area contributed by atoms with E-state index in [4.69, 9.17) is 16.3 Å². The normalized spacial score (nSPS) is 10.4. The molecule has 0 aliphatic rings. The first-order valence-electron chi connectivity index (χ1n) is 6.53. The van der Waals surface area contributed by atoms with Crippen LogP contribution in [-0.4, -0.2) is 16.5 Å². The predicted octanol–water partition coefficient (Wildman–Crippen LogP) is 4.28. The Balaban J connectivity index is 2.32. The Hall–Kier alpha value is -1.81. The maximum Gasteiger partial charge on any atom is 0.226 e. The van der Waals surface area contributed by atoms with E-state index in [0.717, 1.165) is 34.0 Å². The first-order valence-corrected chi connectivity index (χ1v) is 6.91. The Kier molecular flexibility index (Phi) is 4.45. The summed E-state index contributed by atoms with van der Waals surface area (Å²) in [5, 5.41) is 3.84. The van der Waals surface area contributed by atoms with Crippen molar-refractivity contribution in [1.29, 1.82) is 0 Å². The molecule has 5 heteroatoms. The number of halogens is 1. The lowest BCUT2D eigenvalue weighted by Gasteiger charge is -2.11. The maximum absolute atomic E-state index is 6.16. The molecule has 1 aromatic heterocycles. The van der Waals surface area contributed by atoms with E-state index in [0.29, 0.717) is 11.8 Å². The third kappa shape index (κ3) is 3.20. The van der Waals surface area contributed by atoms with Gasteiger partial charge in [-0.25, -0.2) is 4.98 Å². The van der Waals surface area contributed by atoms with Gasteiger partial charge in [0.25, 0.3) is 0 Å². The molecule has 106 valence electrons. The van der Waals surface area contributed by atoms with Crippen LogP contribution in [0.4, 0.5) is 5.95 Å². The highest BCUT2D eigenvalue weighted by atomic mass is 35.5. The Labute approximate surface area is 124 Å². The Morgan fingerprint density at radius 2 is 1.80 bits per heavy atom. The molecule has 0 aliphatic heterocycles. The van der Waals surface area contributed by atoms with Gasteiger partial charge in [-0.2, -0.15) is 4.98 Å². The van der Waals surface area contributed by atoms with Crippen LogP contribution in [0.15, 0.2) is 18.3 Å². The first kappa shape index (κ1) is 14.6. The molecule has 4 nitrogen and oxygen atoms in total. The van der Waals surface area contributed by atoms with Crippen LogP contribution in [-0.2, 0) is 0 Å². The molecule has 0 saturated heterocycles. The third-order valence-electron chi connectivity index (χ3n) is 2.88. The van der Waals surface area contributed by atoms with Crippen molar-refractivity contribution in [3.8, 4) is 11.6 Å². The number of hydrogen-bond acceptors (Lipinski definition) is 4. The molecule has 1 N–H and O–H groups in total. The van der Waals surface area contributed by atoms with Gasteiger partial charge in [0.2, 0.25) is 11.8 Å². The lowest BCUT2D eigenvalue weighted by molar-refractivity contribution is 0.457. The van der Waals surface area contributed by atoms with Gasteiger partial charge in [-0.15, -0.1) is 0 Å². The van der Waals surface area contributed by atoms with E-state index in [9.17, 15) is 0 Å². The number of aryl methyl sites for hydroxylation is 3. The number of ether oxygens (including phenoxy) is 1. The van der Waals surface area contributed by atoms with Crippen molar-refractivity contribution in [1.82, 2.24) is 9.97 Å². The van der Waals surface area contributed by atoms with Gasteiger partial charge in [0, 0.05) is 23.3 Å². The lowest BCUT2D eigenvalue weighted by atomic mass is 10.1. The maximum atomic E-state index is 6.16. The number of benzene rings is 1. The van der Waals surface area contributed by atoms with E-state index < -0.39 is 0 Å².